The van der Waals surface area contributed by atoms with Gasteiger partial charge in [-0.1, -0.05) is 0 Å². The normalized spacial score (nSPS) is 10.2. The van der Waals surface area contributed by atoms with E-state index in [4.69, 9.17) is 0 Å². The lowest BCUT2D eigenvalue weighted by atomic mass is 9.88. The molecule has 0 aromatic heterocycles. The van der Waals surface area contributed by atoms with Crippen LogP contribution in [0.3, 0.4) is 0 Å². The Morgan fingerprint density at radius 1 is 0.778 bits per heavy atom. The summed E-state index contributed by atoms with van der Waals surface area (Å²) >= 11 is 0. The van der Waals surface area contributed by atoms with Crippen molar-refractivity contribution in [1.82, 2.24) is 0 Å². The van der Waals surface area contributed by atoms with Crippen LogP contribution >= 0.6 is 0 Å². The van der Waals surface area contributed by atoms with E-state index in [1.165, 1.54) is 6.92 Å². The predicted octanol–water partition coefficient (Wildman–Crippen LogP) is -0.945. The van der Waals surface area contributed by atoms with Crippen molar-refractivity contribution >= 4 is 23.9 Å². The summed E-state index contributed by atoms with van der Waals surface area (Å²) in [5.74, 6) is -5.70. The number of carbonyl (C=O) groups excluding carboxylic acids is 4. The van der Waals surface area contributed by atoms with Crippen LogP contribution in [-0.2, 0) is 38.1 Å². The van der Waals surface area contributed by atoms with Gasteiger partial charge in [0.15, 0.2) is 0 Å². The standard InChI is InChI=1S/C10H14O8/c1-5-18-9(14)10(6(11)15-2,7(12)16-3)8(13)17-4/h5H2,1-4H3. The van der Waals surface area contributed by atoms with Crippen molar-refractivity contribution < 1.29 is 38.1 Å². The lowest BCUT2D eigenvalue weighted by Crippen LogP contribution is -2.55. The topological polar surface area (TPSA) is 105 Å². The zero-order valence-corrected chi connectivity index (χ0v) is 10.5. The molecule has 8 nitrogen and oxygen atoms in total. The van der Waals surface area contributed by atoms with E-state index < -0.39 is 29.3 Å². The summed E-state index contributed by atoms with van der Waals surface area (Å²) in [5.41, 5.74) is -2.91. The Morgan fingerprint density at radius 2 is 1.11 bits per heavy atom. The van der Waals surface area contributed by atoms with Gasteiger partial charge in [-0.2, -0.15) is 0 Å². The van der Waals surface area contributed by atoms with Crippen molar-refractivity contribution in [3.8, 4) is 0 Å². The minimum atomic E-state index is -2.91. The molecule has 0 fully saturated rings. The summed E-state index contributed by atoms with van der Waals surface area (Å²) in [6, 6.07) is 0. The highest BCUT2D eigenvalue weighted by Gasteiger charge is 2.65. The van der Waals surface area contributed by atoms with Crippen molar-refractivity contribution in [2.75, 3.05) is 27.9 Å². The largest absolute Gasteiger partial charge is 0.467 e. The summed E-state index contributed by atoms with van der Waals surface area (Å²) in [7, 11) is 2.71. The minimum Gasteiger partial charge on any atom is -0.467 e. The average molecular weight is 262 g/mol. The van der Waals surface area contributed by atoms with Crippen LogP contribution in [0, 0.1) is 5.41 Å². The molecule has 0 rings (SSSR count). The van der Waals surface area contributed by atoms with E-state index in [0.717, 1.165) is 21.3 Å². The molecule has 102 valence electrons. The van der Waals surface area contributed by atoms with E-state index in [1.807, 2.05) is 0 Å². The highest BCUT2D eigenvalue weighted by molar-refractivity contribution is 6.32. The molecule has 0 amide bonds. The van der Waals surface area contributed by atoms with Crippen molar-refractivity contribution in [3.05, 3.63) is 0 Å². The molecule has 0 bridgehead atoms. The van der Waals surface area contributed by atoms with E-state index >= 15 is 0 Å². The number of carbonyl (C=O) groups is 4. The second-order valence-corrected chi connectivity index (χ2v) is 2.95. The second-order valence-electron chi connectivity index (χ2n) is 2.95. The Balaban J connectivity index is 5.86. The van der Waals surface area contributed by atoms with E-state index in [9.17, 15) is 19.2 Å². The van der Waals surface area contributed by atoms with Gasteiger partial charge in [0, 0.05) is 0 Å². The van der Waals surface area contributed by atoms with Crippen LogP contribution < -0.4 is 0 Å². The molecular weight excluding hydrogens is 248 g/mol. The van der Waals surface area contributed by atoms with E-state index in [1.54, 1.807) is 0 Å². The molecule has 0 unspecified atom stereocenters. The number of hydrogen-bond donors (Lipinski definition) is 0. The van der Waals surface area contributed by atoms with Gasteiger partial charge < -0.3 is 18.9 Å². The molecule has 0 aliphatic carbocycles. The zero-order valence-electron chi connectivity index (χ0n) is 10.5. The third-order valence-electron chi connectivity index (χ3n) is 2.06. The summed E-state index contributed by atoms with van der Waals surface area (Å²) < 4.78 is 17.4. The fraction of sp³-hybridized carbons (Fsp3) is 0.600. The summed E-state index contributed by atoms with van der Waals surface area (Å²) in [5, 5.41) is 0. The van der Waals surface area contributed by atoms with Crippen molar-refractivity contribution in [2.45, 2.75) is 6.92 Å². The highest BCUT2D eigenvalue weighted by Crippen LogP contribution is 2.25. The molecule has 0 N–H and O–H groups in total. The molecule has 0 atom stereocenters. The molecular formula is C10H14O8. The van der Waals surface area contributed by atoms with Crippen LogP contribution in [0.2, 0.25) is 0 Å². The maximum atomic E-state index is 11.7. The molecule has 0 saturated heterocycles. The lowest BCUT2D eigenvalue weighted by Gasteiger charge is -2.22. The number of rotatable bonds is 5. The molecule has 0 aromatic rings. The molecule has 18 heavy (non-hydrogen) atoms. The Kier molecular flexibility index (Phi) is 5.80. The zero-order chi connectivity index (χ0) is 14.3. The van der Waals surface area contributed by atoms with Crippen molar-refractivity contribution in [3.63, 3.8) is 0 Å². The van der Waals surface area contributed by atoms with Gasteiger partial charge in [-0.05, 0) is 6.92 Å². The molecule has 0 aromatic carbocycles. The molecule has 0 heterocycles. The summed E-state index contributed by atoms with van der Waals surface area (Å²) in [4.78, 5) is 46.6. The van der Waals surface area contributed by atoms with Gasteiger partial charge in [0.1, 0.15) is 0 Å². The van der Waals surface area contributed by atoms with Crippen LogP contribution in [0.4, 0.5) is 0 Å². The minimum absolute atomic E-state index is 0.147. The molecule has 0 spiro atoms. The fourth-order valence-corrected chi connectivity index (χ4v) is 1.20. The number of hydrogen-bond acceptors (Lipinski definition) is 8. The highest BCUT2D eigenvalue weighted by atomic mass is 16.6. The molecule has 0 saturated carbocycles. The maximum absolute atomic E-state index is 11.7. The van der Waals surface area contributed by atoms with Crippen LogP contribution in [0.25, 0.3) is 0 Å². The van der Waals surface area contributed by atoms with Crippen LogP contribution in [0.5, 0.6) is 0 Å². The quantitative estimate of drug-likeness (QED) is 0.355. The summed E-state index contributed by atoms with van der Waals surface area (Å²) in [6.45, 7) is 1.29. The van der Waals surface area contributed by atoms with E-state index in [0.29, 0.717) is 0 Å². The van der Waals surface area contributed by atoms with Crippen LogP contribution in [0.1, 0.15) is 6.92 Å². The maximum Gasteiger partial charge on any atom is 0.355 e. The van der Waals surface area contributed by atoms with Gasteiger partial charge in [0.2, 0.25) is 0 Å². The third-order valence-corrected chi connectivity index (χ3v) is 2.06. The first-order chi connectivity index (χ1) is 8.43. The predicted molar refractivity (Wildman–Crippen MR) is 55.1 cm³/mol. The van der Waals surface area contributed by atoms with Gasteiger partial charge in [0.05, 0.1) is 27.9 Å². The second kappa shape index (κ2) is 6.58. The Bertz CT molecular complexity index is 318. The first kappa shape index (κ1) is 15.9. The van der Waals surface area contributed by atoms with Crippen LogP contribution in [-0.4, -0.2) is 51.8 Å². The third kappa shape index (κ3) is 2.41. The average Bonchev–Trinajstić information content (AvgIpc) is 2.38. The smallest absolute Gasteiger partial charge is 0.355 e. The number of ether oxygens (including phenoxy) is 4. The van der Waals surface area contributed by atoms with Gasteiger partial charge in [-0.25, -0.2) is 19.2 Å². The van der Waals surface area contributed by atoms with Crippen molar-refractivity contribution in [1.29, 1.82) is 0 Å². The molecule has 0 radical (unpaired) electrons. The van der Waals surface area contributed by atoms with Gasteiger partial charge in [-0.15, -0.1) is 0 Å². The van der Waals surface area contributed by atoms with Crippen molar-refractivity contribution in [2.24, 2.45) is 5.41 Å². The van der Waals surface area contributed by atoms with E-state index in [2.05, 4.69) is 18.9 Å². The first-order valence-corrected chi connectivity index (χ1v) is 4.85. The van der Waals surface area contributed by atoms with Gasteiger partial charge in [0.25, 0.3) is 0 Å². The Morgan fingerprint density at radius 3 is 1.33 bits per heavy atom. The summed E-state index contributed by atoms with van der Waals surface area (Å²) in [6.07, 6.45) is 0. The van der Waals surface area contributed by atoms with Gasteiger partial charge >= 0.3 is 29.3 Å². The van der Waals surface area contributed by atoms with E-state index in [-0.39, 0.29) is 6.61 Å². The number of methoxy groups -OCH3 is 3. The Hall–Kier alpha value is -2.12. The van der Waals surface area contributed by atoms with Crippen LogP contribution in [0.15, 0.2) is 0 Å². The van der Waals surface area contributed by atoms with Gasteiger partial charge in [-0.3, -0.25) is 0 Å². The Labute approximate surface area is 103 Å². The SMILES string of the molecule is CCOC(=O)C(C(=O)OC)(C(=O)OC)C(=O)OC. The molecule has 0 aliphatic rings. The monoisotopic (exact) mass is 262 g/mol. The number of esters is 4. The fourth-order valence-electron chi connectivity index (χ4n) is 1.20. The lowest BCUT2D eigenvalue weighted by molar-refractivity contribution is -0.189. The molecule has 8 heteroatoms. The molecule has 0 aliphatic heterocycles. The first-order valence-electron chi connectivity index (χ1n) is 4.85.